The van der Waals surface area contributed by atoms with Gasteiger partial charge in [-0.1, -0.05) is 36.4 Å². The van der Waals surface area contributed by atoms with Crippen LogP contribution in [0, 0.1) is 0 Å². The zero-order valence-electron chi connectivity index (χ0n) is 10.2. The van der Waals surface area contributed by atoms with Crippen LogP contribution in [0.1, 0.15) is 11.1 Å². The number of aliphatic imine (C=N–C) groups is 2. The fourth-order valence-electron chi connectivity index (χ4n) is 2.34. The molecule has 2 N–H and O–H groups in total. The second-order valence-electron chi connectivity index (χ2n) is 4.61. The Bertz CT molecular complexity index is 641. The van der Waals surface area contributed by atoms with Crippen molar-refractivity contribution in [1.29, 1.82) is 0 Å². The van der Waals surface area contributed by atoms with Gasteiger partial charge in [0, 0.05) is 34.9 Å². The van der Waals surface area contributed by atoms with E-state index in [-0.39, 0.29) is 0 Å². The maximum atomic E-state index is 4.52. The third-order valence-electron chi connectivity index (χ3n) is 3.32. The van der Waals surface area contributed by atoms with Crippen LogP contribution >= 0.6 is 0 Å². The van der Waals surface area contributed by atoms with Crippen LogP contribution in [0.15, 0.2) is 58.5 Å². The van der Waals surface area contributed by atoms with Gasteiger partial charge < -0.3 is 10.6 Å². The lowest BCUT2D eigenvalue weighted by molar-refractivity contribution is 0.585. The van der Waals surface area contributed by atoms with E-state index in [9.17, 15) is 0 Å². The fourth-order valence-corrected chi connectivity index (χ4v) is 2.34. The first-order chi connectivity index (χ1) is 9.35. The number of nitrogens with zero attached hydrogens (tertiary/aromatic N) is 2. The molecule has 0 saturated carbocycles. The minimum Gasteiger partial charge on any atom is -0.324 e. The number of hydrogen-bond donors (Lipinski definition) is 2. The van der Waals surface area contributed by atoms with Crippen LogP contribution in [0.3, 0.4) is 0 Å². The molecule has 2 aromatic carbocycles. The fraction of sp³-hybridized carbons (Fsp3) is 0.0667. The molecule has 2 aromatic rings. The average Bonchev–Trinajstić information content (AvgIpc) is 2.47. The van der Waals surface area contributed by atoms with E-state index in [2.05, 4.69) is 20.6 Å². The zero-order valence-corrected chi connectivity index (χ0v) is 10.2. The maximum absolute atomic E-state index is 4.52. The van der Waals surface area contributed by atoms with Crippen LogP contribution < -0.4 is 10.6 Å². The summed E-state index contributed by atoms with van der Waals surface area (Å²) in [5, 5.41) is 6.69. The van der Waals surface area contributed by atoms with E-state index in [0.29, 0.717) is 0 Å². The highest BCUT2D eigenvalue weighted by Crippen LogP contribution is 2.30. The molecule has 0 unspecified atom stereocenters. The molecular formula is C15H12N4. The molecule has 4 nitrogen and oxygen atoms in total. The first-order valence-corrected chi connectivity index (χ1v) is 6.20. The molecule has 2 aliphatic heterocycles. The average molecular weight is 248 g/mol. The van der Waals surface area contributed by atoms with Gasteiger partial charge in [-0.3, -0.25) is 0 Å². The number of fused-ring (bicyclic) bond motifs is 2. The van der Waals surface area contributed by atoms with E-state index in [1.54, 1.807) is 0 Å². The first-order valence-electron chi connectivity index (χ1n) is 6.20. The van der Waals surface area contributed by atoms with E-state index in [1.165, 1.54) is 0 Å². The molecule has 92 valence electrons. The molecular weight excluding hydrogens is 236 g/mol. The normalized spacial score (nSPS) is 17.3. The second kappa shape index (κ2) is 3.68. The summed E-state index contributed by atoms with van der Waals surface area (Å²) in [6.07, 6.45) is 3.70. The Kier molecular flexibility index (Phi) is 2.00. The molecule has 0 atom stereocenters. The summed E-state index contributed by atoms with van der Waals surface area (Å²) in [6, 6.07) is 16.1. The molecule has 2 heterocycles. The number of hydrogen-bond acceptors (Lipinski definition) is 4. The smallest absolute Gasteiger partial charge is 0.308 e. The van der Waals surface area contributed by atoms with Gasteiger partial charge in [0.25, 0.3) is 0 Å². The predicted molar refractivity (Wildman–Crippen MR) is 78.0 cm³/mol. The van der Waals surface area contributed by atoms with Gasteiger partial charge in [-0.15, -0.1) is 0 Å². The van der Waals surface area contributed by atoms with Crippen molar-refractivity contribution >= 4 is 23.8 Å². The largest absolute Gasteiger partial charge is 0.324 e. The summed E-state index contributed by atoms with van der Waals surface area (Å²) in [4.78, 5) is 9.03. The van der Waals surface area contributed by atoms with Gasteiger partial charge in [0.1, 0.15) is 0 Å². The van der Waals surface area contributed by atoms with Gasteiger partial charge in [0.05, 0.1) is 0 Å². The Morgan fingerprint density at radius 3 is 1.68 bits per heavy atom. The van der Waals surface area contributed by atoms with Gasteiger partial charge >= 0.3 is 5.91 Å². The molecule has 0 radical (unpaired) electrons. The molecule has 0 fully saturated rings. The second-order valence-corrected chi connectivity index (χ2v) is 4.61. The molecule has 0 aliphatic carbocycles. The lowest BCUT2D eigenvalue weighted by Gasteiger charge is -2.35. The van der Waals surface area contributed by atoms with Crippen molar-refractivity contribution < 1.29 is 0 Å². The molecule has 0 aromatic heterocycles. The lowest BCUT2D eigenvalue weighted by Crippen LogP contribution is -2.46. The Morgan fingerprint density at radius 2 is 1.16 bits per heavy atom. The van der Waals surface area contributed by atoms with Crippen LogP contribution in [-0.2, 0) is 0 Å². The van der Waals surface area contributed by atoms with Crippen molar-refractivity contribution in [2.45, 2.75) is 5.91 Å². The summed E-state index contributed by atoms with van der Waals surface area (Å²) in [5.74, 6) is -0.817. The molecule has 0 saturated heterocycles. The van der Waals surface area contributed by atoms with Gasteiger partial charge in [-0.25, -0.2) is 9.98 Å². The van der Waals surface area contributed by atoms with E-state index < -0.39 is 5.91 Å². The van der Waals surface area contributed by atoms with Crippen LogP contribution in [0.4, 0.5) is 11.4 Å². The van der Waals surface area contributed by atoms with Crippen molar-refractivity contribution in [3.63, 3.8) is 0 Å². The Labute approximate surface area is 110 Å². The van der Waals surface area contributed by atoms with Gasteiger partial charge in [0.15, 0.2) is 0 Å². The summed E-state index contributed by atoms with van der Waals surface area (Å²) in [6.45, 7) is 0. The number of para-hydroxylation sites is 2. The summed E-state index contributed by atoms with van der Waals surface area (Å²) >= 11 is 0. The minimum atomic E-state index is -0.817. The van der Waals surface area contributed by atoms with Crippen molar-refractivity contribution in [1.82, 2.24) is 0 Å². The molecule has 1 spiro atoms. The Morgan fingerprint density at radius 1 is 0.684 bits per heavy atom. The van der Waals surface area contributed by atoms with Gasteiger partial charge in [-0.05, 0) is 12.1 Å². The minimum absolute atomic E-state index is 0.817. The summed E-state index contributed by atoms with van der Waals surface area (Å²) in [7, 11) is 0. The van der Waals surface area contributed by atoms with E-state index in [1.807, 2.05) is 61.0 Å². The molecule has 2 aliphatic rings. The molecule has 0 amide bonds. The predicted octanol–water partition coefficient (Wildman–Crippen LogP) is 2.69. The Balaban J connectivity index is 1.76. The van der Waals surface area contributed by atoms with E-state index >= 15 is 0 Å². The third-order valence-corrected chi connectivity index (χ3v) is 3.32. The lowest BCUT2D eigenvalue weighted by atomic mass is 10.1. The van der Waals surface area contributed by atoms with Crippen LogP contribution in [0.5, 0.6) is 0 Å². The topological polar surface area (TPSA) is 48.8 Å². The standard InChI is InChI=1S/C15H12N4/c1-3-7-13-11(5-1)9-16-15(18-13)17-10-12-6-2-4-8-14(12)19-15/h1-10,18-19H. The van der Waals surface area contributed by atoms with Crippen molar-refractivity contribution in [2.24, 2.45) is 9.98 Å². The highest BCUT2D eigenvalue weighted by Gasteiger charge is 2.33. The van der Waals surface area contributed by atoms with Gasteiger partial charge in [-0.2, -0.15) is 0 Å². The summed E-state index contributed by atoms with van der Waals surface area (Å²) in [5.41, 5.74) is 4.20. The zero-order chi connectivity index (χ0) is 12.7. The van der Waals surface area contributed by atoms with Crippen molar-refractivity contribution in [3.05, 3.63) is 59.7 Å². The number of rotatable bonds is 0. The van der Waals surface area contributed by atoms with E-state index in [0.717, 1.165) is 22.5 Å². The number of nitrogens with one attached hydrogen (secondary N) is 2. The quantitative estimate of drug-likeness (QED) is 0.753. The molecule has 4 heteroatoms. The highest BCUT2D eigenvalue weighted by molar-refractivity contribution is 5.94. The molecule has 0 bridgehead atoms. The summed E-state index contributed by atoms with van der Waals surface area (Å²) < 4.78 is 0. The van der Waals surface area contributed by atoms with Crippen LogP contribution in [-0.4, -0.2) is 18.3 Å². The SMILES string of the molecule is C1=NC2(N=Cc3ccccc3N2)Nc2ccccc21. The monoisotopic (exact) mass is 248 g/mol. The number of anilines is 2. The first kappa shape index (κ1) is 10.3. The van der Waals surface area contributed by atoms with Crippen molar-refractivity contribution in [3.8, 4) is 0 Å². The van der Waals surface area contributed by atoms with Gasteiger partial charge in [0.2, 0.25) is 0 Å². The van der Waals surface area contributed by atoms with Crippen LogP contribution in [0.25, 0.3) is 0 Å². The van der Waals surface area contributed by atoms with Crippen molar-refractivity contribution in [2.75, 3.05) is 10.6 Å². The van der Waals surface area contributed by atoms with E-state index in [4.69, 9.17) is 0 Å². The highest BCUT2D eigenvalue weighted by atomic mass is 15.5. The Hall–Kier alpha value is -2.62. The molecule has 19 heavy (non-hydrogen) atoms. The number of benzene rings is 2. The molecule has 4 rings (SSSR count). The maximum Gasteiger partial charge on any atom is 0.308 e. The van der Waals surface area contributed by atoms with Crippen LogP contribution in [0.2, 0.25) is 0 Å². The third kappa shape index (κ3) is 1.61.